The molecule has 0 amide bonds. The summed E-state index contributed by atoms with van der Waals surface area (Å²) in [5.41, 5.74) is 0. The minimum Gasteiger partial charge on any atom is -0.376 e. The van der Waals surface area contributed by atoms with E-state index in [0.717, 1.165) is 31.4 Å². The highest BCUT2D eigenvalue weighted by molar-refractivity contribution is 9.09. The van der Waals surface area contributed by atoms with E-state index < -0.39 is 0 Å². The fourth-order valence-electron chi connectivity index (χ4n) is 1.84. The molecule has 0 aliphatic carbocycles. The van der Waals surface area contributed by atoms with Crippen LogP contribution < -0.4 is 0 Å². The van der Waals surface area contributed by atoms with Gasteiger partial charge >= 0.3 is 0 Å². The van der Waals surface area contributed by atoms with E-state index in [2.05, 4.69) is 27.8 Å². The van der Waals surface area contributed by atoms with Crippen LogP contribution in [-0.4, -0.2) is 42.6 Å². The summed E-state index contributed by atoms with van der Waals surface area (Å²) >= 11 is 3.46. The van der Waals surface area contributed by atoms with Gasteiger partial charge in [-0.2, -0.15) is 0 Å². The molecule has 0 aromatic rings. The van der Waals surface area contributed by atoms with Crippen molar-refractivity contribution >= 4 is 15.9 Å². The molecular weight excluding hydrogens is 242 g/mol. The molecule has 2 nitrogen and oxygen atoms in total. The summed E-state index contributed by atoms with van der Waals surface area (Å²) in [6.45, 7) is 6.67. The van der Waals surface area contributed by atoms with Crippen molar-refractivity contribution in [2.75, 3.05) is 31.6 Å². The zero-order valence-corrected chi connectivity index (χ0v) is 10.8. The highest BCUT2D eigenvalue weighted by Gasteiger charge is 2.17. The Balaban J connectivity index is 2.05. The number of nitrogens with zero attached hydrogens (tertiary/aromatic N) is 1. The molecule has 3 heteroatoms. The average molecular weight is 264 g/mol. The number of alkyl halides is 1. The summed E-state index contributed by atoms with van der Waals surface area (Å²) in [6, 6.07) is 0. The zero-order valence-electron chi connectivity index (χ0n) is 9.17. The summed E-state index contributed by atoms with van der Waals surface area (Å²) < 4.78 is 5.64. The second kappa shape index (κ2) is 7.66. The van der Waals surface area contributed by atoms with Gasteiger partial charge in [-0.25, -0.2) is 0 Å². The van der Waals surface area contributed by atoms with Crippen molar-refractivity contribution < 1.29 is 4.74 Å². The molecule has 1 aliphatic heterocycles. The molecule has 0 saturated carbocycles. The van der Waals surface area contributed by atoms with Crippen molar-refractivity contribution in [3.63, 3.8) is 0 Å². The molecule has 1 heterocycles. The van der Waals surface area contributed by atoms with Crippen LogP contribution in [0.3, 0.4) is 0 Å². The number of halogens is 1. The van der Waals surface area contributed by atoms with Crippen molar-refractivity contribution in [3.8, 4) is 0 Å². The lowest BCUT2D eigenvalue weighted by molar-refractivity contribution is -0.0299. The van der Waals surface area contributed by atoms with Crippen LogP contribution in [0.2, 0.25) is 0 Å². The van der Waals surface area contributed by atoms with Gasteiger partial charge < -0.3 is 4.74 Å². The Morgan fingerprint density at radius 3 is 2.93 bits per heavy atom. The fraction of sp³-hybridized carbons (Fsp3) is 1.00. The van der Waals surface area contributed by atoms with E-state index in [1.54, 1.807) is 0 Å². The molecule has 0 bridgehead atoms. The van der Waals surface area contributed by atoms with Gasteiger partial charge in [-0.1, -0.05) is 29.3 Å². The molecule has 0 N–H and O–H groups in total. The van der Waals surface area contributed by atoms with Crippen LogP contribution in [0.5, 0.6) is 0 Å². The average Bonchev–Trinajstić information content (AvgIpc) is 2.25. The Kier molecular flexibility index (Phi) is 6.82. The Bertz CT molecular complexity index is 143. The van der Waals surface area contributed by atoms with Gasteiger partial charge in [0.25, 0.3) is 0 Å². The predicted octanol–water partition coefficient (Wildman–Crippen LogP) is 2.66. The summed E-state index contributed by atoms with van der Waals surface area (Å²) in [6.07, 6.45) is 5.63. The van der Waals surface area contributed by atoms with Gasteiger partial charge in [0.1, 0.15) is 0 Å². The zero-order chi connectivity index (χ0) is 10.2. The van der Waals surface area contributed by atoms with Gasteiger partial charge in [-0.3, -0.25) is 4.90 Å². The molecule has 0 spiro atoms. The van der Waals surface area contributed by atoms with Crippen LogP contribution >= 0.6 is 15.9 Å². The molecule has 0 radical (unpaired) electrons. The smallest absolute Gasteiger partial charge is 0.0700 e. The Labute approximate surface area is 96.1 Å². The first-order valence-corrected chi connectivity index (χ1v) is 6.89. The Morgan fingerprint density at radius 2 is 2.21 bits per heavy atom. The Hall–Kier alpha value is 0.400. The summed E-state index contributed by atoms with van der Waals surface area (Å²) in [5.74, 6) is 0. The minimum absolute atomic E-state index is 0.486. The molecule has 1 rings (SSSR count). The number of unbranched alkanes of at least 4 members (excludes halogenated alkanes) is 2. The second-order valence-electron chi connectivity index (χ2n) is 3.95. The Morgan fingerprint density at radius 1 is 1.36 bits per heavy atom. The molecule has 0 aromatic carbocycles. The lowest BCUT2D eigenvalue weighted by Gasteiger charge is -2.32. The number of morpholine rings is 1. The normalized spacial score (nSPS) is 24.0. The van der Waals surface area contributed by atoms with Crippen LogP contribution in [-0.2, 0) is 4.74 Å². The van der Waals surface area contributed by atoms with Crippen molar-refractivity contribution in [1.29, 1.82) is 0 Å². The lowest BCUT2D eigenvalue weighted by Crippen LogP contribution is -2.42. The summed E-state index contributed by atoms with van der Waals surface area (Å²) in [5, 5.41) is 1.15. The third kappa shape index (κ3) is 4.76. The van der Waals surface area contributed by atoms with Gasteiger partial charge in [0.05, 0.1) is 12.7 Å². The van der Waals surface area contributed by atoms with E-state index in [0.29, 0.717) is 6.10 Å². The van der Waals surface area contributed by atoms with Crippen LogP contribution in [0, 0.1) is 0 Å². The van der Waals surface area contributed by atoms with E-state index in [9.17, 15) is 0 Å². The maximum absolute atomic E-state index is 5.64. The van der Waals surface area contributed by atoms with Crippen LogP contribution in [0.1, 0.15) is 32.6 Å². The van der Waals surface area contributed by atoms with E-state index in [4.69, 9.17) is 4.74 Å². The molecule has 1 fully saturated rings. The number of hydrogen-bond acceptors (Lipinski definition) is 2. The topological polar surface area (TPSA) is 12.5 Å². The quantitative estimate of drug-likeness (QED) is 0.540. The summed E-state index contributed by atoms with van der Waals surface area (Å²) in [7, 11) is 0. The van der Waals surface area contributed by atoms with E-state index >= 15 is 0 Å². The van der Waals surface area contributed by atoms with E-state index in [-0.39, 0.29) is 0 Å². The van der Waals surface area contributed by atoms with Crippen molar-refractivity contribution in [1.82, 2.24) is 4.90 Å². The molecule has 0 aromatic heterocycles. The first-order chi connectivity index (χ1) is 6.86. The fourth-order valence-corrected chi connectivity index (χ4v) is 2.23. The van der Waals surface area contributed by atoms with Crippen molar-refractivity contribution in [3.05, 3.63) is 0 Å². The van der Waals surface area contributed by atoms with Crippen molar-refractivity contribution in [2.45, 2.75) is 38.7 Å². The van der Waals surface area contributed by atoms with Gasteiger partial charge in [0, 0.05) is 18.4 Å². The largest absolute Gasteiger partial charge is 0.376 e. The highest BCUT2D eigenvalue weighted by atomic mass is 79.9. The monoisotopic (exact) mass is 263 g/mol. The first-order valence-electron chi connectivity index (χ1n) is 5.76. The maximum Gasteiger partial charge on any atom is 0.0700 e. The molecule has 14 heavy (non-hydrogen) atoms. The third-order valence-electron chi connectivity index (χ3n) is 2.79. The van der Waals surface area contributed by atoms with Gasteiger partial charge in [0.2, 0.25) is 0 Å². The molecule has 1 aliphatic rings. The molecule has 1 unspecified atom stereocenters. The van der Waals surface area contributed by atoms with Crippen LogP contribution in [0.4, 0.5) is 0 Å². The van der Waals surface area contributed by atoms with Gasteiger partial charge in [-0.05, 0) is 25.8 Å². The summed E-state index contributed by atoms with van der Waals surface area (Å²) in [4.78, 5) is 2.55. The third-order valence-corrected chi connectivity index (χ3v) is 3.35. The van der Waals surface area contributed by atoms with Gasteiger partial charge in [-0.15, -0.1) is 0 Å². The van der Waals surface area contributed by atoms with Crippen LogP contribution in [0.25, 0.3) is 0 Å². The highest BCUT2D eigenvalue weighted by Crippen LogP contribution is 2.09. The molecule has 84 valence electrons. The SMILES string of the molecule is CCC1CN(CCCCCBr)CCO1. The second-order valence-corrected chi connectivity index (χ2v) is 4.74. The maximum atomic E-state index is 5.64. The van der Waals surface area contributed by atoms with E-state index in [1.807, 2.05) is 0 Å². The standard InChI is InChI=1S/C11H22BrNO/c1-2-11-10-13(8-9-14-11)7-5-3-4-6-12/h11H,2-10H2,1H3. The number of ether oxygens (including phenoxy) is 1. The van der Waals surface area contributed by atoms with E-state index in [1.165, 1.54) is 25.8 Å². The molecular formula is C11H22BrNO. The van der Waals surface area contributed by atoms with Crippen molar-refractivity contribution in [2.24, 2.45) is 0 Å². The van der Waals surface area contributed by atoms with Gasteiger partial charge in [0.15, 0.2) is 0 Å². The lowest BCUT2D eigenvalue weighted by atomic mass is 10.2. The first kappa shape index (κ1) is 12.5. The number of rotatable bonds is 6. The predicted molar refractivity (Wildman–Crippen MR) is 64.1 cm³/mol. The van der Waals surface area contributed by atoms with Crippen LogP contribution in [0.15, 0.2) is 0 Å². The molecule has 1 atom stereocenters. The number of hydrogen-bond donors (Lipinski definition) is 0. The minimum atomic E-state index is 0.486. The molecule has 1 saturated heterocycles.